The lowest BCUT2D eigenvalue weighted by Gasteiger charge is -2.32. The summed E-state index contributed by atoms with van der Waals surface area (Å²) in [5.74, 6) is -0.179. The highest BCUT2D eigenvalue weighted by Gasteiger charge is 2.28. The van der Waals surface area contributed by atoms with Crippen LogP contribution >= 0.6 is 0 Å². The largest absolute Gasteiger partial charge is 0.326 e. The Labute approximate surface area is 148 Å². The van der Waals surface area contributed by atoms with Crippen LogP contribution in [0.25, 0.3) is 6.08 Å². The zero-order valence-electron chi connectivity index (χ0n) is 14.7. The van der Waals surface area contributed by atoms with E-state index < -0.39 is 0 Å². The molecule has 2 aromatic rings. The Balaban J connectivity index is 1.82. The van der Waals surface area contributed by atoms with E-state index in [1.165, 1.54) is 6.92 Å². The number of fused-ring (bicyclic) bond motifs is 1. The fourth-order valence-corrected chi connectivity index (χ4v) is 3.35. The molecule has 0 aromatic heterocycles. The topological polar surface area (TPSA) is 49.4 Å². The summed E-state index contributed by atoms with van der Waals surface area (Å²) in [4.78, 5) is 26.2. The van der Waals surface area contributed by atoms with Crippen molar-refractivity contribution < 1.29 is 9.59 Å². The molecule has 0 radical (unpaired) electrons. The third kappa shape index (κ3) is 3.79. The lowest BCUT2D eigenvalue weighted by atomic mass is 9.93. The van der Waals surface area contributed by atoms with E-state index in [9.17, 15) is 9.59 Å². The lowest BCUT2D eigenvalue weighted by molar-refractivity contribution is -0.129. The highest BCUT2D eigenvalue weighted by molar-refractivity contribution is 5.92. The molecule has 0 aliphatic carbocycles. The molecule has 0 bridgehead atoms. The summed E-state index contributed by atoms with van der Waals surface area (Å²) in [5.41, 5.74) is 5.04. The molecule has 1 N–H and O–H groups in total. The van der Waals surface area contributed by atoms with Gasteiger partial charge in [-0.05, 0) is 54.3 Å². The summed E-state index contributed by atoms with van der Waals surface area (Å²) in [6, 6.07) is 13.5. The van der Waals surface area contributed by atoms with Gasteiger partial charge in [-0.3, -0.25) is 9.59 Å². The molecule has 0 saturated heterocycles. The van der Waals surface area contributed by atoms with E-state index in [0.29, 0.717) is 0 Å². The number of carbonyl (C=O) groups is 2. The Hall–Kier alpha value is -2.88. The minimum Gasteiger partial charge on any atom is -0.326 e. The number of rotatable bonds is 3. The first kappa shape index (κ1) is 17.0. The molecule has 0 fully saturated rings. The van der Waals surface area contributed by atoms with Gasteiger partial charge in [-0.1, -0.05) is 30.3 Å². The Morgan fingerprint density at radius 1 is 1.08 bits per heavy atom. The highest BCUT2D eigenvalue weighted by Crippen LogP contribution is 2.33. The minimum absolute atomic E-state index is 0.0741. The van der Waals surface area contributed by atoms with E-state index in [1.807, 2.05) is 56.3 Å². The number of nitrogens with one attached hydrogen (secondary N) is 1. The summed E-state index contributed by atoms with van der Waals surface area (Å²) >= 11 is 0. The van der Waals surface area contributed by atoms with Gasteiger partial charge in [0.15, 0.2) is 0 Å². The van der Waals surface area contributed by atoms with Crippen LogP contribution in [-0.4, -0.2) is 16.7 Å². The van der Waals surface area contributed by atoms with E-state index in [4.69, 9.17) is 0 Å². The number of benzene rings is 2. The molecule has 4 nitrogen and oxygen atoms in total. The molecule has 0 saturated carbocycles. The minimum atomic E-state index is -0.287. The monoisotopic (exact) mass is 334 g/mol. The zero-order valence-corrected chi connectivity index (χ0v) is 14.7. The zero-order chi connectivity index (χ0) is 18.0. The van der Waals surface area contributed by atoms with Gasteiger partial charge in [0.1, 0.15) is 0 Å². The Morgan fingerprint density at radius 3 is 2.44 bits per heavy atom. The lowest BCUT2D eigenvalue weighted by Crippen LogP contribution is -2.33. The molecular formula is C21H22N2O2. The maximum absolute atomic E-state index is 12.6. The van der Waals surface area contributed by atoms with Gasteiger partial charge in [-0.15, -0.1) is 0 Å². The molecule has 0 unspecified atom stereocenters. The molecule has 0 spiro atoms. The molecule has 1 atom stereocenters. The van der Waals surface area contributed by atoms with Gasteiger partial charge < -0.3 is 10.2 Å². The third-order valence-electron chi connectivity index (χ3n) is 4.35. The van der Waals surface area contributed by atoms with Crippen LogP contribution in [-0.2, 0) is 9.59 Å². The number of hydrogen-bond donors (Lipinski definition) is 1. The van der Waals surface area contributed by atoms with Crippen molar-refractivity contribution in [3.8, 4) is 0 Å². The molecule has 1 aliphatic heterocycles. The van der Waals surface area contributed by atoms with E-state index in [2.05, 4.69) is 11.4 Å². The van der Waals surface area contributed by atoms with E-state index in [1.54, 1.807) is 11.1 Å². The van der Waals surface area contributed by atoms with Crippen LogP contribution in [0.1, 0.15) is 41.6 Å². The molecule has 25 heavy (non-hydrogen) atoms. The number of anilines is 1. The van der Waals surface area contributed by atoms with Gasteiger partial charge in [-0.2, -0.15) is 0 Å². The Morgan fingerprint density at radius 2 is 1.76 bits per heavy atom. The number of amides is 2. The van der Waals surface area contributed by atoms with E-state index in [0.717, 1.165) is 27.9 Å². The first-order valence-corrected chi connectivity index (χ1v) is 8.38. The normalized spacial score (nSPS) is 15.6. The van der Waals surface area contributed by atoms with Crippen molar-refractivity contribution in [2.75, 3.05) is 5.32 Å². The van der Waals surface area contributed by atoms with Gasteiger partial charge in [0.2, 0.25) is 11.8 Å². The fourth-order valence-electron chi connectivity index (χ4n) is 3.35. The van der Waals surface area contributed by atoms with Crippen LogP contribution in [0.5, 0.6) is 0 Å². The second-order valence-electron chi connectivity index (χ2n) is 6.52. The second-order valence-corrected chi connectivity index (χ2v) is 6.52. The number of aryl methyl sites for hydroxylation is 2. The SMILES string of the molecule is CC(=O)N1C=Cc2ccccc2[C@H]1CC(=O)Nc1cc(C)cc(C)c1. The molecule has 3 rings (SSSR count). The maximum Gasteiger partial charge on any atom is 0.226 e. The summed E-state index contributed by atoms with van der Waals surface area (Å²) in [5, 5.41) is 2.96. The molecule has 1 heterocycles. The van der Waals surface area contributed by atoms with Crippen molar-refractivity contribution in [2.24, 2.45) is 0 Å². The van der Waals surface area contributed by atoms with Crippen molar-refractivity contribution in [3.63, 3.8) is 0 Å². The van der Waals surface area contributed by atoms with Gasteiger partial charge in [0.25, 0.3) is 0 Å². The van der Waals surface area contributed by atoms with Crippen LogP contribution in [0.4, 0.5) is 5.69 Å². The van der Waals surface area contributed by atoms with Gasteiger partial charge >= 0.3 is 0 Å². The summed E-state index contributed by atoms with van der Waals surface area (Å²) < 4.78 is 0. The third-order valence-corrected chi connectivity index (χ3v) is 4.35. The van der Waals surface area contributed by atoms with Crippen LogP contribution < -0.4 is 5.32 Å². The van der Waals surface area contributed by atoms with Crippen LogP contribution in [0, 0.1) is 13.8 Å². The van der Waals surface area contributed by atoms with Gasteiger partial charge in [0, 0.05) is 18.8 Å². The van der Waals surface area contributed by atoms with Gasteiger partial charge in [0.05, 0.1) is 12.5 Å². The van der Waals surface area contributed by atoms with Crippen molar-refractivity contribution in [1.82, 2.24) is 4.90 Å². The summed E-state index contributed by atoms with van der Waals surface area (Å²) in [6.45, 7) is 5.53. The second kappa shape index (κ2) is 6.93. The molecule has 2 aromatic carbocycles. The smallest absolute Gasteiger partial charge is 0.226 e. The summed E-state index contributed by atoms with van der Waals surface area (Å²) in [7, 11) is 0. The average Bonchev–Trinajstić information content (AvgIpc) is 2.53. The van der Waals surface area contributed by atoms with Crippen molar-refractivity contribution in [2.45, 2.75) is 33.2 Å². The summed E-state index contributed by atoms with van der Waals surface area (Å²) in [6.07, 6.45) is 3.89. The van der Waals surface area contributed by atoms with Crippen molar-refractivity contribution >= 4 is 23.6 Å². The van der Waals surface area contributed by atoms with Crippen LogP contribution in [0.15, 0.2) is 48.7 Å². The average molecular weight is 334 g/mol. The van der Waals surface area contributed by atoms with E-state index in [-0.39, 0.29) is 24.3 Å². The Kier molecular flexibility index (Phi) is 4.70. The maximum atomic E-state index is 12.6. The van der Waals surface area contributed by atoms with E-state index >= 15 is 0 Å². The molecule has 128 valence electrons. The molecule has 4 heteroatoms. The molecule has 2 amide bonds. The Bertz CT molecular complexity index is 834. The van der Waals surface area contributed by atoms with Crippen molar-refractivity contribution in [3.05, 3.63) is 70.9 Å². The van der Waals surface area contributed by atoms with Crippen LogP contribution in [0.2, 0.25) is 0 Å². The predicted octanol–water partition coefficient (Wildman–Crippen LogP) is 4.21. The standard InChI is InChI=1S/C21H22N2O2/c1-14-10-15(2)12-18(11-14)22-21(25)13-20-19-7-5-4-6-17(19)8-9-23(20)16(3)24/h4-12,20H,13H2,1-3H3,(H,22,25)/t20-/m1/s1. The number of carbonyl (C=O) groups excluding carboxylic acids is 2. The van der Waals surface area contributed by atoms with Crippen molar-refractivity contribution in [1.29, 1.82) is 0 Å². The quantitative estimate of drug-likeness (QED) is 0.914. The first-order chi connectivity index (χ1) is 11.9. The molecular weight excluding hydrogens is 312 g/mol. The van der Waals surface area contributed by atoms with Crippen LogP contribution in [0.3, 0.4) is 0 Å². The van der Waals surface area contributed by atoms with Gasteiger partial charge in [-0.25, -0.2) is 0 Å². The highest BCUT2D eigenvalue weighted by atomic mass is 16.2. The predicted molar refractivity (Wildman–Crippen MR) is 99.9 cm³/mol. The number of hydrogen-bond acceptors (Lipinski definition) is 2. The molecule has 1 aliphatic rings. The first-order valence-electron chi connectivity index (χ1n) is 8.38. The number of nitrogens with zero attached hydrogens (tertiary/aromatic N) is 1. The fraction of sp³-hybridized carbons (Fsp3) is 0.238.